The third kappa shape index (κ3) is 2.17. The zero-order chi connectivity index (χ0) is 13.1. The van der Waals surface area contributed by atoms with E-state index in [1.54, 1.807) is 56.4 Å². The minimum atomic E-state index is -0.803. The van der Waals surface area contributed by atoms with Crippen LogP contribution in [0, 0.1) is 0 Å². The van der Waals surface area contributed by atoms with Gasteiger partial charge in [-0.15, -0.1) is 0 Å². The largest absolute Gasteiger partial charge is 0.497 e. The summed E-state index contributed by atoms with van der Waals surface area (Å²) in [5.41, 5.74) is 1.35. The van der Waals surface area contributed by atoms with Crippen molar-refractivity contribution in [3.05, 3.63) is 41.7 Å². The predicted molar refractivity (Wildman–Crippen MR) is 66.8 cm³/mol. The van der Waals surface area contributed by atoms with Crippen LogP contribution in [0.15, 0.2) is 30.5 Å². The van der Waals surface area contributed by atoms with Gasteiger partial charge in [0.1, 0.15) is 17.6 Å². The van der Waals surface area contributed by atoms with Gasteiger partial charge in [0, 0.05) is 18.8 Å². The summed E-state index contributed by atoms with van der Waals surface area (Å²) in [7, 11) is 4.94. The third-order valence-corrected chi connectivity index (χ3v) is 2.87. The average Bonchev–Trinajstić information content (AvgIpc) is 2.83. The highest BCUT2D eigenvalue weighted by Crippen LogP contribution is 2.32. The molecule has 0 fully saturated rings. The molecule has 1 atom stereocenters. The average molecular weight is 248 g/mol. The van der Waals surface area contributed by atoms with Gasteiger partial charge in [0.25, 0.3) is 0 Å². The summed E-state index contributed by atoms with van der Waals surface area (Å²) in [5, 5.41) is 14.4. The first-order valence-corrected chi connectivity index (χ1v) is 5.55. The minimum absolute atomic E-state index is 0.615. The normalized spacial score (nSPS) is 12.2. The van der Waals surface area contributed by atoms with E-state index >= 15 is 0 Å². The van der Waals surface area contributed by atoms with Crippen molar-refractivity contribution in [2.24, 2.45) is 7.05 Å². The van der Waals surface area contributed by atoms with Gasteiger partial charge in [-0.05, 0) is 24.3 Å². The zero-order valence-corrected chi connectivity index (χ0v) is 10.6. The second-order valence-corrected chi connectivity index (χ2v) is 3.89. The first-order valence-electron chi connectivity index (χ1n) is 5.55. The lowest BCUT2D eigenvalue weighted by Crippen LogP contribution is -2.08. The summed E-state index contributed by atoms with van der Waals surface area (Å²) in [5.74, 6) is 1.29. The molecule has 0 amide bonds. The summed E-state index contributed by atoms with van der Waals surface area (Å²) in [4.78, 5) is 0. The van der Waals surface area contributed by atoms with E-state index in [0.29, 0.717) is 22.8 Å². The van der Waals surface area contributed by atoms with E-state index in [4.69, 9.17) is 9.47 Å². The van der Waals surface area contributed by atoms with Gasteiger partial charge in [-0.25, -0.2) is 0 Å². The SMILES string of the molecule is COc1ccc(OC)c(C(O)c2ccnn2C)c1. The Labute approximate surface area is 106 Å². The van der Waals surface area contributed by atoms with Gasteiger partial charge in [-0.3, -0.25) is 4.68 Å². The molecule has 2 rings (SSSR count). The quantitative estimate of drug-likeness (QED) is 0.891. The fourth-order valence-electron chi connectivity index (χ4n) is 1.86. The van der Waals surface area contributed by atoms with Crippen LogP contribution in [0.1, 0.15) is 17.4 Å². The Kier molecular flexibility index (Phi) is 3.53. The molecule has 0 radical (unpaired) electrons. The minimum Gasteiger partial charge on any atom is -0.497 e. The molecule has 0 spiro atoms. The Morgan fingerprint density at radius 3 is 2.56 bits per heavy atom. The van der Waals surface area contributed by atoms with Crippen molar-refractivity contribution < 1.29 is 14.6 Å². The summed E-state index contributed by atoms with van der Waals surface area (Å²) >= 11 is 0. The van der Waals surface area contributed by atoms with Gasteiger partial charge >= 0.3 is 0 Å². The van der Waals surface area contributed by atoms with E-state index in [1.807, 2.05) is 0 Å². The topological polar surface area (TPSA) is 56.5 Å². The molecule has 0 aliphatic heterocycles. The molecule has 1 aromatic heterocycles. The summed E-state index contributed by atoms with van der Waals surface area (Å²) < 4.78 is 12.1. The van der Waals surface area contributed by atoms with Crippen LogP contribution in [0.5, 0.6) is 11.5 Å². The summed E-state index contributed by atoms with van der Waals surface area (Å²) in [6, 6.07) is 7.09. The van der Waals surface area contributed by atoms with E-state index in [1.165, 1.54) is 0 Å². The Balaban J connectivity index is 2.45. The van der Waals surface area contributed by atoms with Crippen molar-refractivity contribution >= 4 is 0 Å². The number of aromatic nitrogens is 2. The molecule has 1 heterocycles. The predicted octanol–water partition coefficient (Wildman–Crippen LogP) is 1.52. The standard InChI is InChI=1S/C13H16N2O3/c1-15-11(6-7-14-15)13(16)10-8-9(17-2)4-5-12(10)18-3/h4-8,13,16H,1-3H3. The van der Waals surface area contributed by atoms with Gasteiger partial charge in [0.15, 0.2) is 0 Å². The lowest BCUT2D eigenvalue weighted by Gasteiger charge is -2.16. The number of hydrogen-bond donors (Lipinski definition) is 1. The van der Waals surface area contributed by atoms with Gasteiger partial charge in [-0.2, -0.15) is 5.10 Å². The van der Waals surface area contributed by atoms with Crippen LogP contribution in [0.3, 0.4) is 0 Å². The highest BCUT2D eigenvalue weighted by atomic mass is 16.5. The Morgan fingerprint density at radius 2 is 2.00 bits per heavy atom. The van der Waals surface area contributed by atoms with E-state index in [9.17, 15) is 5.11 Å². The van der Waals surface area contributed by atoms with Gasteiger partial charge in [-0.1, -0.05) is 0 Å². The number of methoxy groups -OCH3 is 2. The van der Waals surface area contributed by atoms with Crippen LogP contribution in [-0.2, 0) is 7.05 Å². The number of rotatable bonds is 4. The van der Waals surface area contributed by atoms with Gasteiger partial charge in [0.2, 0.25) is 0 Å². The van der Waals surface area contributed by atoms with Crippen molar-refractivity contribution in [1.82, 2.24) is 9.78 Å². The van der Waals surface area contributed by atoms with Crippen molar-refractivity contribution in [2.45, 2.75) is 6.10 Å². The number of aryl methyl sites for hydroxylation is 1. The highest BCUT2D eigenvalue weighted by Gasteiger charge is 2.19. The maximum absolute atomic E-state index is 10.4. The van der Waals surface area contributed by atoms with Crippen LogP contribution >= 0.6 is 0 Å². The molecule has 0 aliphatic rings. The third-order valence-electron chi connectivity index (χ3n) is 2.87. The van der Waals surface area contributed by atoms with Crippen molar-refractivity contribution in [3.8, 4) is 11.5 Å². The van der Waals surface area contributed by atoms with Crippen LogP contribution in [0.25, 0.3) is 0 Å². The maximum atomic E-state index is 10.4. The first-order chi connectivity index (χ1) is 8.67. The second-order valence-electron chi connectivity index (χ2n) is 3.89. The molecule has 0 aliphatic carbocycles. The summed E-state index contributed by atoms with van der Waals surface area (Å²) in [6.45, 7) is 0. The van der Waals surface area contributed by atoms with E-state index in [0.717, 1.165) is 0 Å². The number of aliphatic hydroxyl groups excluding tert-OH is 1. The molecule has 5 nitrogen and oxygen atoms in total. The fourth-order valence-corrected chi connectivity index (χ4v) is 1.86. The number of benzene rings is 1. The van der Waals surface area contributed by atoms with Crippen LogP contribution in [0.2, 0.25) is 0 Å². The number of hydrogen-bond acceptors (Lipinski definition) is 4. The molecular formula is C13H16N2O3. The molecule has 1 unspecified atom stereocenters. The number of ether oxygens (including phenoxy) is 2. The van der Waals surface area contributed by atoms with E-state index < -0.39 is 6.10 Å². The van der Waals surface area contributed by atoms with Crippen LogP contribution in [-0.4, -0.2) is 29.1 Å². The number of nitrogens with zero attached hydrogens (tertiary/aromatic N) is 2. The van der Waals surface area contributed by atoms with Crippen LogP contribution < -0.4 is 9.47 Å². The lowest BCUT2D eigenvalue weighted by molar-refractivity contribution is 0.204. The molecule has 0 bridgehead atoms. The van der Waals surface area contributed by atoms with Crippen molar-refractivity contribution in [2.75, 3.05) is 14.2 Å². The van der Waals surface area contributed by atoms with E-state index in [2.05, 4.69) is 5.10 Å². The van der Waals surface area contributed by atoms with Crippen molar-refractivity contribution in [1.29, 1.82) is 0 Å². The molecule has 5 heteroatoms. The molecule has 0 saturated heterocycles. The summed E-state index contributed by atoms with van der Waals surface area (Å²) in [6.07, 6.45) is 0.841. The van der Waals surface area contributed by atoms with E-state index in [-0.39, 0.29) is 0 Å². The van der Waals surface area contributed by atoms with Crippen molar-refractivity contribution in [3.63, 3.8) is 0 Å². The van der Waals surface area contributed by atoms with Gasteiger partial charge < -0.3 is 14.6 Å². The molecule has 2 aromatic rings. The van der Waals surface area contributed by atoms with Crippen LogP contribution in [0.4, 0.5) is 0 Å². The second kappa shape index (κ2) is 5.10. The molecule has 0 saturated carbocycles. The zero-order valence-electron chi connectivity index (χ0n) is 10.6. The highest BCUT2D eigenvalue weighted by molar-refractivity contribution is 5.44. The molecular weight excluding hydrogens is 232 g/mol. The molecule has 1 aromatic carbocycles. The monoisotopic (exact) mass is 248 g/mol. The maximum Gasteiger partial charge on any atom is 0.125 e. The molecule has 96 valence electrons. The molecule has 1 N–H and O–H groups in total. The Hall–Kier alpha value is -2.01. The Morgan fingerprint density at radius 1 is 1.22 bits per heavy atom. The first kappa shape index (κ1) is 12.4. The van der Waals surface area contributed by atoms with Gasteiger partial charge in [0.05, 0.1) is 19.9 Å². The molecule has 18 heavy (non-hydrogen) atoms. The number of aliphatic hydroxyl groups is 1. The fraction of sp³-hybridized carbons (Fsp3) is 0.308. The smallest absolute Gasteiger partial charge is 0.125 e. The lowest BCUT2D eigenvalue weighted by atomic mass is 10.0. The Bertz CT molecular complexity index is 537.